The molecule has 1 heterocycles. The van der Waals surface area contributed by atoms with Crippen LogP contribution in [0.1, 0.15) is 42.1 Å². The largest absolute Gasteiger partial charge is 0.385 e. The van der Waals surface area contributed by atoms with E-state index in [4.69, 9.17) is 0 Å². The molecule has 0 aliphatic carbocycles. The van der Waals surface area contributed by atoms with Gasteiger partial charge in [-0.3, -0.25) is 4.79 Å². The van der Waals surface area contributed by atoms with E-state index in [1.165, 1.54) is 11.3 Å². The molecular formula is C21H25ClN2O. The van der Waals surface area contributed by atoms with Crippen molar-refractivity contribution in [3.63, 3.8) is 0 Å². The summed E-state index contributed by atoms with van der Waals surface area (Å²) in [7, 11) is 0. The molecule has 0 bridgehead atoms. The predicted octanol–water partition coefficient (Wildman–Crippen LogP) is 5.62. The Kier molecular flexibility index (Phi) is 7.08. The first kappa shape index (κ1) is 19.1. The molecule has 4 heteroatoms. The Balaban J connectivity index is 0.00000225. The van der Waals surface area contributed by atoms with E-state index in [0.717, 1.165) is 42.3 Å². The third-order valence-corrected chi connectivity index (χ3v) is 4.43. The second-order valence-corrected chi connectivity index (χ2v) is 6.07. The number of hydrogen-bond acceptors (Lipinski definition) is 2. The average Bonchev–Trinajstić information content (AvgIpc) is 3.06. The zero-order valence-corrected chi connectivity index (χ0v) is 15.4. The van der Waals surface area contributed by atoms with E-state index in [0.29, 0.717) is 6.42 Å². The van der Waals surface area contributed by atoms with E-state index in [1.54, 1.807) is 0 Å². The van der Waals surface area contributed by atoms with Gasteiger partial charge in [-0.1, -0.05) is 43.3 Å². The fourth-order valence-electron chi connectivity index (χ4n) is 3.07. The molecule has 1 aromatic heterocycles. The van der Waals surface area contributed by atoms with Crippen molar-refractivity contribution in [2.75, 3.05) is 11.9 Å². The molecule has 132 valence electrons. The molecule has 0 unspecified atom stereocenters. The second kappa shape index (κ2) is 9.28. The summed E-state index contributed by atoms with van der Waals surface area (Å²) < 4.78 is 0. The number of aromatic nitrogens is 1. The number of unbranched alkanes of at least 4 members (excludes halogenated alkanes) is 1. The molecule has 0 spiro atoms. The molecule has 0 atom stereocenters. The van der Waals surface area contributed by atoms with Gasteiger partial charge in [-0.05, 0) is 37.0 Å². The summed E-state index contributed by atoms with van der Waals surface area (Å²) in [5.74, 6) is 0.224. The van der Waals surface area contributed by atoms with Gasteiger partial charge in [0, 0.05) is 41.3 Å². The number of anilines is 1. The van der Waals surface area contributed by atoms with Crippen LogP contribution in [-0.4, -0.2) is 17.3 Å². The van der Waals surface area contributed by atoms with E-state index < -0.39 is 0 Å². The number of rotatable bonds is 8. The lowest BCUT2D eigenvalue weighted by molar-refractivity contribution is 0.0981. The first-order chi connectivity index (χ1) is 11.8. The molecule has 0 amide bonds. The van der Waals surface area contributed by atoms with Crippen LogP contribution in [0.5, 0.6) is 0 Å². The number of H-pyrrole nitrogens is 1. The van der Waals surface area contributed by atoms with Gasteiger partial charge in [0.25, 0.3) is 0 Å². The molecule has 25 heavy (non-hydrogen) atoms. The highest BCUT2D eigenvalue weighted by Crippen LogP contribution is 2.20. The molecule has 3 rings (SSSR count). The minimum atomic E-state index is 0. The average molecular weight is 357 g/mol. The molecule has 2 N–H and O–H groups in total. The molecular weight excluding hydrogens is 332 g/mol. The number of benzene rings is 2. The van der Waals surface area contributed by atoms with E-state index >= 15 is 0 Å². The van der Waals surface area contributed by atoms with Crippen molar-refractivity contribution in [2.45, 2.75) is 32.6 Å². The third-order valence-electron chi connectivity index (χ3n) is 4.43. The maximum absolute atomic E-state index is 12.4. The quantitative estimate of drug-likeness (QED) is 0.406. The number of ketones is 1. The summed E-state index contributed by atoms with van der Waals surface area (Å²) in [5, 5.41) is 4.51. The van der Waals surface area contributed by atoms with Crippen molar-refractivity contribution < 1.29 is 4.79 Å². The Morgan fingerprint density at radius 1 is 1.04 bits per heavy atom. The Labute approximate surface area is 155 Å². The van der Waals surface area contributed by atoms with Gasteiger partial charge in [0.2, 0.25) is 0 Å². The van der Waals surface area contributed by atoms with Gasteiger partial charge in [0.05, 0.1) is 0 Å². The molecule has 0 fully saturated rings. The van der Waals surface area contributed by atoms with Gasteiger partial charge < -0.3 is 10.3 Å². The van der Waals surface area contributed by atoms with Crippen LogP contribution >= 0.6 is 12.4 Å². The van der Waals surface area contributed by atoms with E-state index in [-0.39, 0.29) is 18.2 Å². The van der Waals surface area contributed by atoms with Crippen LogP contribution in [0.3, 0.4) is 0 Å². The number of para-hydroxylation sites is 2. The number of halogens is 1. The first-order valence-electron chi connectivity index (χ1n) is 8.70. The molecule has 3 nitrogen and oxygen atoms in total. The monoisotopic (exact) mass is 356 g/mol. The number of carbonyl (C=O) groups is 1. The topological polar surface area (TPSA) is 44.9 Å². The van der Waals surface area contributed by atoms with Crippen LogP contribution in [0.15, 0.2) is 54.7 Å². The summed E-state index contributed by atoms with van der Waals surface area (Å²) in [5.41, 5.74) is 4.39. The van der Waals surface area contributed by atoms with Gasteiger partial charge in [-0.15, -0.1) is 12.4 Å². The molecule has 0 radical (unpaired) electrons. The summed E-state index contributed by atoms with van der Waals surface area (Å²) >= 11 is 0. The fraction of sp³-hybridized carbons (Fsp3) is 0.286. The lowest BCUT2D eigenvalue weighted by atomic mass is 10.0. The van der Waals surface area contributed by atoms with Gasteiger partial charge in [0.1, 0.15) is 0 Å². The summed E-state index contributed by atoms with van der Waals surface area (Å²) in [6.07, 6.45) is 5.36. The normalized spacial score (nSPS) is 10.4. The molecule has 2 aromatic carbocycles. The van der Waals surface area contributed by atoms with E-state index in [9.17, 15) is 4.79 Å². The number of Topliss-reactive ketones (excluding diaryl/α,β-unsaturated/α-hetero) is 1. The van der Waals surface area contributed by atoms with Gasteiger partial charge in [-0.2, -0.15) is 0 Å². The minimum absolute atomic E-state index is 0. The van der Waals surface area contributed by atoms with Crippen LogP contribution < -0.4 is 5.32 Å². The van der Waals surface area contributed by atoms with Crippen LogP contribution in [0, 0.1) is 0 Å². The number of hydrogen-bond donors (Lipinski definition) is 2. The number of aryl methyl sites for hydroxylation is 1. The third kappa shape index (κ3) is 4.64. The molecule has 0 saturated carbocycles. The summed E-state index contributed by atoms with van der Waals surface area (Å²) in [6.45, 7) is 3.07. The number of aromatic amines is 1. The van der Waals surface area contributed by atoms with E-state index in [1.807, 2.05) is 30.5 Å². The van der Waals surface area contributed by atoms with Crippen LogP contribution in [-0.2, 0) is 6.42 Å². The highest BCUT2D eigenvalue weighted by Gasteiger charge is 2.11. The van der Waals surface area contributed by atoms with Crippen LogP contribution in [0.25, 0.3) is 10.9 Å². The van der Waals surface area contributed by atoms with E-state index in [2.05, 4.69) is 41.5 Å². The smallest absolute Gasteiger partial charge is 0.165 e. The number of carbonyl (C=O) groups excluding carboxylic acids is 1. The Hall–Kier alpha value is -2.26. The van der Waals surface area contributed by atoms with Crippen molar-refractivity contribution in [1.29, 1.82) is 0 Å². The number of fused-ring (bicyclic) bond motifs is 1. The Morgan fingerprint density at radius 3 is 2.64 bits per heavy atom. The zero-order chi connectivity index (χ0) is 16.8. The summed E-state index contributed by atoms with van der Waals surface area (Å²) in [4.78, 5) is 15.6. The molecule has 0 aliphatic rings. The zero-order valence-electron chi connectivity index (χ0n) is 14.5. The minimum Gasteiger partial charge on any atom is -0.385 e. The SMILES string of the molecule is CCc1ccccc1NCCCCC(=O)c1c[nH]c2ccccc12.Cl. The van der Waals surface area contributed by atoms with Crippen molar-refractivity contribution in [1.82, 2.24) is 4.98 Å². The maximum Gasteiger partial charge on any atom is 0.165 e. The lowest BCUT2D eigenvalue weighted by Crippen LogP contribution is -2.05. The molecule has 0 aliphatic heterocycles. The maximum atomic E-state index is 12.4. The lowest BCUT2D eigenvalue weighted by Gasteiger charge is -2.10. The van der Waals surface area contributed by atoms with Crippen molar-refractivity contribution in [3.8, 4) is 0 Å². The van der Waals surface area contributed by atoms with Crippen molar-refractivity contribution in [3.05, 3.63) is 65.9 Å². The number of nitrogens with one attached hydrogen (secondary N) is 2. The van der Waals surface area contributed by atoms with Gasteiger partial charge in [0.15, 0.2) is 5.78 Å². The van der Waals surface area contributed by atoms with Gasteiger partial charge >= 0.3 is 0 Å². The van der Waals surface area contributed by atoms with Crippen LogP contribution in [0.2, 0.25) is 0 Å². The summed E-state index contributed by atoms with van der Waals surface area (Å²) in [6, 6.07) is 16.4. The highest BCUT2D eigenvalue weighted by molar-refractivity contribution is 6.07. The van der Waals surface area contributed by atoms with Crippen molar-refractivity contribution >= 4 is 34.8 Å². The van der Waals surface area contributed by atoms with Crippen LogP contribution in [0.4, 0.5) is 5.69 Å². The van der Waals surface area contributed by atoms with Gasteiger partial charge in [-0.25, -0.2) is 0 Å². The molecule has 3 aromatic rings. The first-order valence-corrected chi connectivity index (χ1v) is 8.70. The predicted molar refractivity (Wildman–Crippen MR) is 108 cm³/mol. The second-order valence-electron chi connectivity index (χ2n) is 6.07. The standard InChI is InChI=1S/C21H24N2O.ClH/c1-2-16-9-3-5-11-19(16)22-14-8-7-13-21(24)18-15-23-20-12-6-4-10-17(18)20;/h3-6,9-12,15,22-23H,2,7-8,13-14H2,1H3;1H. The molecule has 0 saturated heterocycles. The van der Waals surface area contributed by atoms with Crippen molar-refractivity contribution in [2.24, 2.45) is 0 Å². The Bertz CT molecular complexity index is 825. The fourth-order valence-corrected chi connectivity index (χ4v) is 3.07. The highest BCUT2D eigenvalue weighted by atomic mass is 35.5. The Morgan fingerprint density at radius 2 is 1.80 bits per heavy atom.